The molecule has 3 aliphatic rings. The van der Waals surface area contributed by atoms with Crippen LogP contribution in [-0.2, 0) is 4.79 Å². The second-order valence-corrected chi connectivity index (χ2v) is 6.00. The number of carbonyl (C=O) groups excluding carboxylic acids is 1. The molecule has 0 aliphatic carbocycles. The Morgan fingerprint density at radius 2 is 1.95 bits per heavy atom. The summed E-state index contributed by atoms with van der Waals surface area (Å²) in [5.74, 6) is 0.384. The minimum Gasteiger partial charge on any atom is -0.340 e. The summed E-state index contributed by atoms with van der Waals surface area (Å²) in [5.41, 5.74) is 0. The third kappa shape index (κ3) is 4.23. The average Bonchev–Trinajstić information content (AvgIpc) is 3.05. The first-order valence-electron chi connectivity index (χ1n) is 7.58. The molecular weight excluding hydrogens is 297 g/mol. The molecule has 2 atom stereocenters. The van der Waals surface area contributed by atoms with Gasteiger partial charge in [0.15, 0.2) is 0 Å². The van der Waals surface area contributed by atoms with E-state index in [0.717, 1.165) is 39.0 Å². The molecule has 0 spiro atoms. The van der Waals surface area contributed by atoms with Crippen molar-refractivity contribution < 1.29 is 4.79 Å². The fraction of sp³-hybridized carbons (Fsp3) is 0.929. The zero-order valence-electron chi connectivity index (χ0n) is 12.1. The Kier molecular flexibility index (Phi) is 7.59. The average molecular weight is 324 g/mol. The molecule has 1 amide bonds. The number of piperazine rings is 1. The van der Waals surface area contributed by atoms with Crippen molar-refractivity contribution >= 4 is 30.7 Å². The van der Waals surface area contributed by atoms with Crippen molar-refractivity contribution in [3.8, 4) is 0 Å². The molecule has 0 bridgehead atoms. The predicted octanol–water partition coefficient (Wildman–Crippen LogP) is 1.67. The highest BCUT2D eigenvalue weighted by molar-refractivity contribution is 5.85. The summed E-state index contributed by atoms with van der Waals surface area (Å²) < 4.78 is 0. The Morgan fingerprint density at radius 1 is 1.10 bits per heavy atom. The second kappa shape index (κ2) is 8.42. The van der Waals surface area contributed by atoms with Crippen molar-refractivity contribution in [1.82, 2.24) is 15.1 Å². The minimum absolute atomic E-state index is 0. The van der Waals surface area contributed by atoms with E-state index in [1.165, 1.54) is 32.2 Å². The van der Waals surface area contributed by atoms with Gasteiger partial charge < -0.3 is 10.2 Å². The molecule has 1 N–H and O–H groups in total. The van der Waals surface area contributed by atoms with Gasteiger partial charge in [-0.25, -0.2) is 0 Å². The molecule has 0 aromatic rings. The number of hydrogen-bond acceptors (Lipinski definition) is 3. The number of amides is 1. The minimum atomic E-state index is 0. The third-order valence-corrected chi connectivity index (χ3v) is 4.81. The number of nitrogens with zero attached hydrogens (tertiary/aromatic N) is 2. The lowest BCUT2D eigenvalue weighted by Gasteiger charge is -2.37. The molecule has 118 valence electrons. The Morgan fingerprint density at radius 3 is 2.70 bits per heavy atom. The van der Waals surface area contributed by atoms with E-state index in [4.69, 9.17) is 0 Å². The summed E-state index contributed by atoms with van der Waals surface area (Å²) in [6.07, 6.45) is 6.91. The number of carbonyl (C=O) groups is 1. The summed E-state index contributed by atoms with van der Waals surface area (Å²) >= 11 is 0. The number of fused-ring (bicyclic) bond motifs is 1. The SMILES string of the molecule is Cl.Cl.O=C(CCC1CCCN1)N1CCN2CCCC2C1. The Hall–Kier alpha value is -0.0300. The molecule has 3 fully saturated rings. The van der Waals surface area contributed by atoms with Crippen molar-refractivity contribution in [3.63, 3.8) is 0 Å². The van der Waals surface area contributed by atoms with Crippen LogP contribution in [0.2, 0.25) is 0 Å². The van der Waals surface area contributed by atoms with Crippen LogP contribution in [-0.4, -0.2) is 60.5 Å². The first-order valence-corrected chi connectivity index (χ1v) is 7.58. The maximum atomic E-state index is 12.2. The Bertz CT molecular complexity index is 311. The van der Waals surface area contributed by atoms with E-state index in [9.17, 15) is 4.79 Å². The lowest BCUT2D eigenvalue weighted by Crippen LogP contribution is -2.52. The van der Waals surface area contributed by atoms with Crippen molar-refractivity contribution in [3.05, 3.63) is 0 Å². The highest BCUT2D eigenvalue weighted by Gasteiger charge is 2.32. The molecule has 0 aromatic carbocycles. The fourth-order valence-electron chi connectivity index (χ4n) is 3.68. The third-order valence-electron chi connectivity index (χ3n) is 4.81. The monoisotopic (exact) mass is 323 g/mol. The van der Waals surface area contributed by atoms with Gasteiger partial charge in [-0.05, 0) is 45.2 Å². The highest BCUT2D eigenvalue weighted by atomic mass is 35.5. The van der Waals surface area contributed by atoms with Gasteiger partial charge in [-0.15, -0.1) is 24.8 Å². The topological polar surface area (TPSA) is 35.6 Å². The quantitative estimate of drug-likeness (QED) is 0.858. The zero-order valence-corrected chi connectivity index (χ0v) is 13.7. The second-order valence-electron chi connectivity index (χ2n) is 6.00. The van der Waals surface area contributed by atoms with Crippen LogP contribution < -0.4 is 5.32 Å². The van der Waals surface area contributed by atoms with Crippen LogP contribution in [0.5, 0.6) is 0 Å². The van der Waals surface area contributed by atoms with E-state index < -0.39 is 0 Å². The lowest BCUT2D eigenvalue weighted by atomic mass is 10.1. The van der Waals surface area contributed by atoms with E-state index in [2.05, 4.69) is 15.1 Å². The van der Waals surface area contributed by atoms with E-state index >= 15 is 0 Å². The van der Waals surface area contributed by atoms with Crippen LogP contribution in [0.25, 0.3) is 0 Å². The van der Waals surface area contributed by atoms with Gasteiger partial charge >= 0.3 is 0 Å². The molecule has 0 saturated carbocycles. The molecule has 2 unspecified atom stereocenters. The molecule has 6 heteroatoms. The molecule has 3 aliphatic heterocycles. The lowest BCUT2D eigenvalue weighted by molar-refractivity contribution is -0.134. The Balaban J connectivity index is 0.000001000. The van der Waals surface area contributed by atoms with Crippen molar-refractivity contribution in [2.24, 2.45) is 0 Å². The highest BCUT2D eigenvalue weighted by Crippen LogP contribution is 2.22. The van der Waals surface area contributed by atoms with Gasteiger partial charge in [0, 0.05) is 38.1 Å². The van der Waals surface area contributed by atoms with Gasteiger partial charge in [0.2, 0.25) is 5.91 Å². The maximum Gasteiger partial charge on any atom is 0.222 e. The fourth-order valence-corrected chi connectivity index (χ4v) is 3.68. The summed E-state index contributed by atoms with van der Waals surface area (Å²) in [6.45, 7) is 5.42. The standard InChI is InChI=1S/C14H25N3O.2ClH/c18-14(6-5-12-3-1-7-15-12)17-10-9-16-8-2-4-13(16)11-17;;/h12-13,15H,1-11H2;2*1H. The molecule has 4 nitrogen and oxygen atoms in total. The smallest absolute Gasteiger partial charge is 0.222 e. The van der Waals surface area contributed by atoms with E-state index in [1.807, 2.05) is 0 Å². The summed E-state index contributed by atoms with van der Waals surface area (Å²) in [7, 11) is 0. The van der Waals surface area contributed by atoms with E-state index in [0.29, 0.717) is 18.0 Å². The first kappa shape index (κ1) is 18.0. The molecular formula is C14H27Cl2N3O. The first-order chi connectivity index (χ1) is 8.83. The van der Waals surface area contributed by atoms with E-state index in [1.54, 1.807) is 0 Å². The van der Waals surface area contributed by atoms with Crippen LogP contribution in [0.15, 0.2) is 0 Å². The van der Waals surface area contributed by atoms with Crippen LogP contribution in [0.1, 0.15) is 38.5 Å². The molecule has 0 aromatic heterocycles. The number of rotatable bonds is 3. The van der Waals surface area contributed by atoms with Gasteiger partial charge in [0.05, 0.1) is 0 Å². The van der Waals surface area contributed by atoms with Crippen LogP contribution in [0.3, 0.4) is 0 Å². The maximum absolute atomic E-state index is 12.2. The van der Waals surface area contributed by atoms with Crippen LogP contribution in [0.4, 0.5) is 0 Å². The van der Waals surface area contributed by atoms with Crippen LogP contribution in [0, 0.1) is 0 Å². The van der Waals surface area contributed by atoms with Gasteiger partial charge in [-0.2, -0.15) is 0 Å². The summed E-state index contributed by atoms with van der Waals surface area (Å²) in [5, 5.41) is 3.47. The summed E-state index contributed by atoms with van der Waals surface area (Å²) in [4.78, 5) is 16.9. The largest absolute Gasteiger partial charge is 0.340 e. The zero-order chi connectivity index (χ0) is 12.4. The van der Waals surface area contributed by atoms with Crippen LogP contribution >= 0.6 is 24.8 Å². The molecule has 3 heterocycles. The molecule has 0 radical (unpaired) electrons. The molecule has 3 saturated heterocycles. The number of hydrogen-bond donors (Lipinski definition) is 1. The molecule has 20 heavy (non-hydrogen) atoms. The van der Waals surface area contributed by atoms with Crippen molar-refractivity contribution in [2.45, 2.75) is 50.6 Å². The van der Waals surface area contributed by atoms with Gasteiger partial charge in [-0.3, -0.25) is 9.69 Å². The van der Waals surface area contributed by atoms with Crippen molar-refractivity contribution in [1.29, 1.82) is 0 Å². The number of nitrogens with one attached hydrogen (secondary N) is 1. The van der Waals surface area contributed by atoms with Gasteiger partial charge in [0.1, 0.15) is 0 Å². The number of halogens is 2. The Labute approximate surface area is 134 Å². The predicted molar refractivity (Wildman–Crippen MR) is 85.9 cm³/mol. The van der Waals surface area contributed by atoms with Crippen molar-refractivity contribution in [2.75, 3.05) is 32.7 Å². The normalized spacial score (nSPS) is 29.5. The van der Waals surface area contributed by atoms with Gasteiger partial charge in [0.25, 0.3) is 0 Å². The summed E-state index contributed by atoms with van der Waals surface area (Å²) in [6, 6.07) is 1.26. The molecule has 3 rings (SSSR count). The van der Waals surface area contributed by atoms with E-state index in [-0.39, 0.29) is 24.8 Å². The van der Waals surface area contributed by atoms with Gasteiger partial charge in [-0.1, -0.05) is 0 Å².